The minimum atomic E-state index is 0.193. The Hall–Kier alpha value is -1.70. The number of phenolic OH excluding ortho intramolecular Hbond substituents is 2. The first kappa shape index (κ1) is 15.2. The van der Waals surface area contributed by atoms with Crippen LogP contribution in [0.4, 0.5) is 0 Å². The van der Waals surface area contributed by atoms with Gasteiger partial charge in [0.15, 0.2) is 0 Å². The normalized spacial score (nSPS) is 24.5. The minimum Gasteiger partial charge on any atom is -0.508 e. The molecule has 0 bridgehead atoms. The van der Waals surface area contributed by atoms with Crippen LogP contribution in [0.15, 0.2) is 29.9 Å². The van der Waals surface area contributed by atoms with Gasteiger partial charge in [-0.2, -0.15) is 0 Å². The third-order valence-corrected chi connectivity index (χ3v) is 5.37. The van der Waals surface area contributed by atoms with Crippen molar-refractivity contribution in [2.45, 2.75) is 58.3 Å². The molecule has 0 aliphatic heterocycles. The lowest BCUT2D eigenvalue weighted by Gasteiger charge is -2.34. The van der Waals surface area contributed by atoms with Crippen molar-refractivity contribution in [1.82, 2.24) is 0 Å². The van der Waals surface area contributed by atoms with Crippen LogP contribution < -0.4 is 0 Å². The minimum absolute atomic E-state index is 0.193. The zero-order valence-electron chi connectivity index (χ0n) is 13.7. The highest BCUT2D eigenvalue weighted by Crippen LogP contribution is 2.47. The van der Waals surface area contributed by atoms with Crippen LogP contribution in [-0.4, -0.2) is 10.2 Å². The summed E-state index contributed by atoms with van der Waals surface area (Å²) in [5.41, 5.74) is 5.85. The number of phenols is 2. The first-order chi connectivity index (χ1) is 10.5. The summed E-state index contributed by atoms with van der Waals surface area (Å²) in [6.07, 6.45) is 8.64. The molecule has 0 fully saturated rings. The maximum Gasteiger partial charge on any atom is 0.123 e. The summed E-state index contributed by atoms with van der Waals surface area (Å²) in [6, 6.07) is 1.55. The number of hydrogen-bond acceptors (Lipinski definition) is 2. The van der Waals surface area contributed by atoms with Crippen LogP contribution >= 0.6 is 0 Å². The molecule has 0 saturated carbocycles. The van der Waals surface area contributed by atoms with Gasteiger partial charge in [-0.1, -0.05) is 23.8 Å². The fraction of sp³-hybridized carbons (Fsp3) is 0.500. The molecule has 1 aromatic rings. The molecule has 2 aliphatic rings. The SMILES string of the molecule is C=C(C)C1CCC(C)=CC1c1c(O)cc(O)c2c1CCCC2. The lowest BCUT2D eigenvalue weighted by atomic mass is 9.71. The molecule has 0 radical (unpaired) electrons. The highest BCUT2D eigenvalue weighted by molar-refractivity contribution is 5.56. The molecule has 2 heteroatoms. The van der Waals surface area contributed by atoms with Gasteiger partial charge in [0.2, 0.25) is 0 Å². The zero-order chi connectivity index (χ0) is 15.9. The number of allylic oxidation sites excluding steroid dienone is 3. The summed E-state index contributed by atoms with van der Waals surface area (Å²) in [7, 11) is 0. The van der Waals surface area contributed by atoms with Crippen LogP contribution in [0.2, 0.25) is 0 Å². The fourth-order valence-electron chi connectivity index (χ4n) is 4.21. The van der Waals surface area contributed by atoms with E-state index in [0.717, 1.165) is 49.7 Å². The lowest BCUT2D eigenvalue weighted by molar-refractivity contribution is 0.416. The van der Waals surface area contributed by atoms with Gasteiger partial charge in [0.05, 0.1) is 0 Å². The van der Waals surface area contributed by atoms with Crippen molar-refractivity contribution in [1.29, 1.82) is 0 Å². The van der Waals surface area contributed by atoms with Crippen molar-refractivity contribution in [3.8, 4) is 11.5 Å². The van der Waals surface area contributed by atoms with Crippen molar-refractivity contribution < 1.29 is 10.2 Å². The molecule has 1 aromatic carbocycles. The number of aromatic hydroxyl groups is 2. The molecule has 22 heavy (non-hydrogen) atoms. The van der Waals surface area contributed by atoms with Gasteiger partial charge in [0.1, 0.15) is 11.5 Å². The van der Waals surface area contributed by atoms with Crippen molar-refractivity contribution in [3.63, 3.8) is 0 Å². The monoisotopic (exact) mass is 298 g/mol. The predicted molar refractivity (Wildman–Crippen MR) is 90.4 cm³/mol. The molecule has 2 N–H and O–H groups in total. The predicted octanol–water partition coefficient (Wildman–Crippen LogP) is 4.99. The molecule has 0 heterocycles. The summed E-state index contributed by atoms with van der Waals surface area (Å²) in [5, 5.41) is 20.8. The average molecular weight is 298 g/mol. The first-order valence-electron chi connectivity index (χ1n) is 8.38. The standard InChI is InChI=1S/C20H26O2/c1-12(2)14-9-8-13(3)10-17(14)20-16-7-5-4-6-15(16)18(21)11-19(20)22/h10-11,14,17,21-22H,1,4-9H2,2-3H3. The third-order valence-electron chi connectivity index (χ3n) is 5.37. The Morgan fingerprint density at radius 3 is 2.45 bits per heavy atom. The van der Waals surface area contributed by atoms with E-state index in [0.29, 0.717) is 5.92 Å². The molecular weight excluding hydrogens is 272 g/mol. The fourth-order valence-corrected chi connectivity index (χ4v) is 4.21. The van der Waals surface area contributed by atoms with Crippen LogP contribution in [-0.2, 0) is 12.8 Å². The highest BCUT2D eigenvalue weighted by atomic mass is 16.3. The largest absolute Gasteiger partial charge is 0.508 e. The second-order valence-electron chi connectivity index (χ2n) is 7.02. The number of rotatable bonds is 2. The number of hydrogen-bond donors (Lipinski definition) is 2. The Morgan fingerprint density at radius 1 is 1.09 bits per heavy atom. The molecule has 0 aromatic heterocycles. The van der Waals surface area contributed by atoms with E-state index in [1.54, 1.807) is 6.07 Å². The molecule has 2 aliphatic carbocycles. The van der Waals surface area contributed by atoms with E-state index < -0.39 is 0 Å². The second kappa shape index (κ2) is 5.83. The summed E-state index contributed by atoms with van der Waals surface area (Å²) < 4.78 is 0. The van der Waals surface area contributed by atoms with E-state index in [-0.39, 0.29) is 17.4 Å². The lowest BCUT2D eigenvalue weighted by Crippen LogP contribution is -2.20. The Morgan fingerprint density at radius 2 is 1.77 bits per heavy atom. The van der Waals surface area contributed by atoms with E-state index in [4.69, 9.17) is 0 Å². The van der Waals surface area contributed by atoms with Crippen molar-refractivity contribution >= 4 is 0 Å². The van der Waals surface area contributed by atoms with Gasteiger partial charge in [-0.25, -0.2) is 0 Å². The molecule has 3 rings (SSSR count). The zero-order valence-corrected chi connectivity index (χ0v) is 13.7. The molecule has 0 saturated heterocycles. The summed E-state index contributed by atoms with van der Waals surface area (Å²) in [6.45, 7) is 8.44. The topological polar surface area (TPSA) is 40.5 Å². The number of fused-ring (bicyclic) bond motifs is 1. The summed E-state index contributed by atoms with van der Waals surface area (Å²) >= 11 is 0. The van der Waals surface area contributed by atoms with Crippen molar-refractivity contribution in [3.05, 3.63) is 46.6 Å². The summed E-state index contributed by atoms with van der Waals surface area (Å²) in [5.74, 6) is 1.09. The van der Waals surface area contributed by atoms with E-state index >= 15 is 0 Å². The van der Waals surface area contributed by atoms with Gasteiger partial charge in [0, 0.05) is 17.5 Å². The molecule has 2 unspecified atom stereocenters. The van der Waals surface area contributed by atoms with Gasteiger partial charge >= 0.3 is 0 Å². The molecule has 2 atom stereocenters. The highest BCUT2D eigenvalue weighted by Gasteiger charge is 2.31. The Balaban J connectivity index is 2.17. The molecule has 2 nitrogen and oxygen atoms in total. The summed E-state index contributed by atoms with van der Waals surface area (Å²) in [4.78, 5) is 0. The molecule has 0 spiro atoms. The third kappa shape index (κ3) is 2.55. The number of benzene rings is 1. The molecule has 0 amide bonds. The Kier molecular flexibility index (Phi) is 4.03. The van der Waals surface area contributed by atoms with Crippen LogP contribution in [0.1, 0.15) is 62.1 Å². The Bertz CT molecular complexity index is 640. The Labute approximate surface area is 133 Å². The van der Waals surface area contributed by atoms with Crippen LogP contribution in [0, 0.1) is 5.92 Å². The van der Waals surface area contributed by atoms with Gasteiger partial charge in [-0.3, -0.25) is 0 Å². The molecule has 118 valence electrons. The van der Waals surface area contributed by atoms with Gasteiger partial charge in [-0.15, -0.1) is 0 Å². The van der Waals surface area contributed by atoms with Crippen molar-refractivity contribution in [2.75, 3.05) is 0 Å². The molecular formula is C20H26O2. The smallest absolute Gasteiger partial charge is 0.123 e. The van der Waals surface area contributed by atoms with Crippen LogP contribution in [0.25, 0.3) is 0 Å². The van der Waals surface area contributed by atoms with E-state index in [1.807, 2.05) is 0 Å². The second-order valence-corrected chi connectivity index (χ2v) is 7.02. The van der Waals surface area contributed by atoms with Crippen LogP contribution in [0.3, 0.4) is 0 Å². The van der Waals surface area contributed by atoms with E-state index in [1.165, 1.54) is 16.7 Å². The average Bonchev–Trinajstić information content (AvgIpc) is 2.47. The maximum atomic E-state index is 10.6. The van der Waals surface area contributed by atoms with Gasteiger partial charge < -0.3 is 10.2 Å². The quantitative estimate of drug-likeness (QED) is 0.755. The van der Waals surface area contributed by atoms with E-state index in [9.17, 15) is 10.2 Å². The van der Waals surface area contributed by atoms with Crippen molar-refractivity contribution in [2.24, 2.45) is 5.92 Å². The van der Waals surface area contributed by atoms with Gasteiger partial charge in [0.25, 0.3) is 0 Å². The van der Waals surface area contributed by atoms with E-state index in [2.05, 4.69) is 26.5 Å². The maximum absolute atomic E-state index is 10.6. The van der Waals surface area contributed by atoms with Crippen LogP contribution in [0.5, 0.6) is 11.5 Å². The van der Waals surface area contributed by atoms with Gasteiger partial charge in [-0.05, 0) is 69.4 Å². The first-order valence-corrected chi connectivity index (χ1v) is 8.38.